The van der Waals surface area contributed by atoms with Crippen molar-refractivity contribution in [2.45, 2.75) is 0 Å². The number of rotatable bonds is 2. The first-order valence-electron chi connectivity index (χ1n) is 2.06. The lowest BCUT2D eigenvalue weighted by Crippen LogP contribution is -2.24. The molecule has 0 radical (unpaired) electrons. The number of ether oxygens (including phenoxy) is 1. The molecule has 0 aromatic rings. The number of carbonyl (C=O) groups excluding carboxylic acids is 2. The predicted octanol–water partition coefficient (Wildman–Crippen LogP) is -0.459. The van der Waals surface area contributed by atoms with E-state index >= 15 is 0 Å². The largest absolute Gasteiger partial charge is 0.453 e. The van der Waals surface area contributed by atoms with Gasteiger partial charge in [0.2, 0.25) is 0 Å². The maximum atomic E-state index is 10.1. The normalized spacial score (nSPS) is 7.62. The van der Waals surface area contributed by atoms with E-state index in [1.807, 2.05) is 0 Å². The van der Waals surface area contributed by atoms with Gasteiger partial charge in [0.1, 0.15) is 6.29 Å². The molecule has 0 saturated heterocycles. The molecule has 0 fully saturated rings. The molecule has 0 aliphatic carbocycles. The highest BCUT2D eigenvalue weighted by atomic mass is 16.5. The number of methoxy groups -OCH3 is 1. The summed E-state index contributed by atoms with van der Waals surface area (Å²) < 4.78 is 4.14. The van der Waals surface area contributed by atoms with Crippen molar-refractivity contribution in [2.24, 2.45) is 0 Å². The van der Waals surface area contributed by atoms with Crippen molar-refractivity contribution in [3.05, 3.63) is 0 Å². The van der Waals surface area contributed by atoms with E-state index < -0.39 is 6.09 Å². The van der Waals surface area contributed by atoms with Crippen molar-refractivity contribution in [1.29, 1.82) is 0 Å². The highest BCUT2D eigenvalue weighted by Crippen LogP contribution is 1.65. The van der Waals surface area contributed by atoms with Gasteiger partial charge < -0.3 is 14.8 Å². The Bertz CT molecular complexity index is 91.3. The van der Waals surface area contributed by atoms with Crippen molar-refractivity contribution < 1.29 is 14.3 Å². The van der Waals surface area contributed by atoms with Crippen LogP contribution in [0, 0.1) is 0 Å². The van der Waals surface area contributed by atoms with E-state index in [1.165, 1.54) is 7.11 Å². The highest BCUT2D eigenvalue weighted by Gasteiger charge is 1.92. The van der Waals surface area contributed by atoms with Crippen molar-refractivity contribution in [3.8, 4) is 0 Å². The van der Waals surface area contributed by atoms with E-state index in [0.717, 1.165) is 0 Å². The highest BCUT2D eigenvalue weighted by molar-refractivity contribution is 5.70. The maximum absolute atomic E-state index is 10.1. The Hall–Kier alpha value is -1.06. The second-order valence-electron chi connectivity index (χ2n) is 1.04. The minimum Gasteiger partial charge on any atom is -0.453 e. The minimum absolute atomic E-state index is 0.00662. The number of hydrogen-bond donors (Lipinski definition) is 1. The fraction of sp³-hybridized carbons (Fsp3) is 0.500. The average Bonchev–Trinajstić information content (AvgIpc) is 1.83. The Labute approximate surface area is 46.8 Å². The van der Waals surface area contributed by atoms with E-state index in [4.69, 9.17) is 0 Å². The van der Waals surface area contributed by atoms with Gasteiger partial charge in [-0.2, -0.15) is 0 Å². The molecule has 4 nitrogen and oxygen atoms in total. The summed E-state index contributed by atoms with van der Waals surface area (Å²) in [7, 11) is 1.24. The van der Waals surface area contributed by atoms with Crippen LogP contribution in [0.3, 0.4) is 0 Å². The summed E-state index contributed by atoms with van der Waals surface area (Å²) >= 11 is 0. The van der Waals surface area contributed by atoms with Gasteiger partial charge in [-0.05, 0) is 0 Å². The maximum Gasteiger partial charge on any atom is 0.407 e. The molecule has 1 amide bonds. The first kappa shape index (κ1) is 6.94. The summed E-state index contributed by atoms with van der Waals surface area (Å²) in [6, 6.07) is 0. The van der Waals surface area contributed by atoms with E-state index in [2.05, 4.69) is 10.1 Å². The number of nitrogens with one attached hydrogen (secondary N) is 1. The monoisotopic (exact) mass is 117 g/mol. The van der Waals surface area contributed by atoms with Crippen LogP contribution in [0.15, 0.2) is 0 Å². The van der Waals surface area contributed by atoms with Gasteiger partial charge in [0, 0.05) is 0 Å². The minimum atomic E-state index is -0.586. The van der Waals surface area contributed by atoms with Gasteiger partial charge in [-0.15, -0.1) is 0 Å². The summed E-state index contributed by atoms with van der Waals surface area (Å²) in [4.78, 5) is 19.6. The van der Waals surface area contributed by atoms with Crippen molar-refractivity contribution in [3.63, 3.8) is 0 Å². The van der Waals surface area contributed by atoms with Crippen LogP contribution in [0.1, 0.15) is 0 Å². The summed E-state index contributed by atoms with van der Waals surface area (Å²) in [6.07, 6.45) is -0.00574. The molecule has 46 valence electrons. The molecule has 0 aliphatic heterocycles. The number of amides is 1. The third kappa shape index (κ3) is 3.14. The fourth-order valence-electron chi connectivity index (χ4n) is 0.197. The number of hydrogen-bond acceptors (Lipinski definition) is 3. The van der Waals surface area contributed by atoms with Crippen LogP contribution in [0.5, 0.6) is 0 Å². The van der Waals surface area contributed by atoms with E-state index in [9.17, 15) is 9.59 Å². The molecule has 0 aromatic heterocycles. The standard InChI is InChI=1S/C4H7NO3/c1-8-4(7)5-2-3-6/h3H,2H2,1H3,(H,5,7). The summed E-state index contributed by atoms with van der Waals surface area (Å²) in [6.45, 7) is 0.00662. The third-order valence-electron chi connectivity index (χ3n) is 0.515. The SMILES string of the molecule is COC(=O)NCC=O. The molecule has 4 heteroatoms. The topological polar surface area (TPSA) is 55.4 Å². The summed E-state index contributed by atoms with van der Waals surface area (Å²) in [5, 5.41) is 2.15. The van der Waals surface area contributed by atoms with Gasteiger partial charge in [-0.25, -0.2) is 4.79 Å². The Morgan fingerprint density at radius 3 is 2.88 bits per heavy atom. The van der Waals surface area contributed by atoms with Crippen LogP contribution in [0.4, 0.5) is 4.79 Å². The van der Waals surface area contributed by atoms with E-state index in [0.29, 0.717) is 6.29 Å². The van der Waals surface area contributed by atoms with E-state index in [1.54, 1.807) is 0 Å². The first-order valence-corrected chi connectivity index (χ1v) is 2.06. The molecule has 0 bridgehead atoms. The van der Waals surface area contributed by atoms with Crippen molar-refractivity contribution >= 4 is 12.4 Å². The zero-order chi connectivity index (χ0) is 6.41. The van der Waals surface area contributed by atoms with E-state index in [-0.39, 0.29) is 6.54 Å². The fourth-order valence-corrected chi connectivity index (χ4v) is 0.197. The van der Waals surface area contributed by atoms with Crippen LogP contribution >= 0.6 is 0 Å². The van der Waals surface area contributed by atoms with Gasteiger partial charge in [-0.3, -0.25) is 0 Å². The number of alkyl carbamates (subject to hydrolysis) is 1. The second-order valence-corrected chi connectivity index (χ2v) is 1.04. The van der Waals surface area contributed by atoms with Gasteiger partial charge in [0.25, 0.3) is 0 Å². The Morgan fingerprint density at radius 1 is 1.88 bits per heavy atom. The zero-order valence-corrected chi connectivity index (χ0v) is 4.51. The summed E-state index contributed by atoms with van der Waals surface area (Å²) in [5.74, 6) is 0. The smallest absolute Gasteiger partial charge is 0.407 e. The van der Waals surface area contributed by atoms with Gasteiger partial charge in [-0.1, -0.05) is 0 Å². The molecular formula is C4H7NO3. The molecule has 0 atom stereocenters. The Balaban J connectivity index is 3.11. The Kier molecular flexibility index (Phi) is 3.56. The molecular weight excluding hydrogens is 110 g/mol. The molecule has 0 unspecified atom stereocenters. The molecule has 1 N–H and O–H groups in total. The molecule has 0 rings (SSSR count). The lowest BCUT2D eigenvalue weighted by molar-refractivity contribution is -0.107. The van der Waals surface area contributed by atoms with Crippen LogP contribution in [0.25, 0.3) is 0 Å². The third-order valence-corrected chi connectivity index (χ3v) is 0.515. The van der Waals surface area contributed by atoms with Crippen molar-refractivity contribution in [2.75, 3.05) is 13.7 Å². The van der Waals surface area contributed by atoms with Crippen LogP contribution in [0.2, 0.25) is 0 Å². The lowest BCUT2D eigenvalue weighted by Gasteiger charge is -1.94. The molecule has 8 heavy (non-hydrogen) atoms. The summed E-state index contributed by atoms with van der Waals surface area (Å²) in [5.41, 5.74) is 0. The van der Waals surface area contributed by atoms with Crippen LogP contribution in [-0.4, -0.2) is 26.0 Å². The van der Waals surface area contributed by atoms with Gasteiger partial charge >= 0.3 is 6.09 Å². The zero-order valence-electron chi connectivity index (χ0n) is 4.51. The van der Waals surface area contributed by atoms with Gasteiger partial charge in [0.05, 0.1) is 13.7 Å². The molecule has 0 aromatic carbocycles. The molecule has 0 spiro atoms. The second kappa shape index (κ2) is 4.11. The molecule has 0 heterocycles. The number of aldehydes is 1. The average molecular weight is 117 g/mol. The quantitative estimate of drug-likeness (QED) is 0.498. The van der Waals surface area contributed by atoms with Crippen LogP contribution < -0.4 is 5.32 Å². The molecule has 0 saturated carbocycles. The lowest BCUT2D eigenvalue weighted by atomic mass is 10.7. The van der Waals surface area contributed by atoms with Crippen LogP contribution in [-0.2, 0) is 9.53 Å². The number of carbonyl (C=O) groups is 2. The van der Waals surface area contributed by atoms with Crippen molar-refractivity contribution in [1.82, 2.24) is 5.32 Å². The Morgan fingerprint density at radius 2 is 2.50 bits per heavy atom. The predicted molar refractivity (Wildman–Crippen MR) is 26.5 cm³/mol. The van der Waals surface area contributed by atoms with Gasteiger partial charge in [0.15, 0.2) is 0 Å². The first-order chi connectivity index (χ1) is 3.81. The molecule has 0 aliphatic rings.